The molecule has 1 aromatic rings. The van der Waals surface area contributed by atoms with Crippen LogP contribution >= 0.6 is 0 Å². The van der Waals surface area contributed by atoms with Gasteiger partial charge >= 0.3 is 6.36 Å². The fraction of sp³-hybridized carbons (Fsp3) is 0.588. The zero-order valence-corrected chi connectivity index (χ0v) is 15.8. The number of nitrogens with zero attached hydrogens (tertiary/aromatic N) is 1. The first kappa shape index (κ1) is 21.5. The minimum Gasteiger partial charge on any atom is -0.406 e. The lowest BCUT2D eigenvalue weighted by Gasteiger charge is -2.17. The number of carbonyl (C=O) groups excluding carboxylic acids is 1. The second kappa shape index (κ2) is 8.92. The number of nitrogens with one attached hydrogen (secondary N) is 1. The van der Waals surface area contributed by atoms with E-state index in [0.717, 1.165) is 12.8 Å². The highest BCUT2D eigenvalue weighted by atomic mass is 32.2. The van der Waals surface area contributed by atoms with Gasteiger partial charge in [0, 0.05) is 19.5 Å². The Labute approximate surface area is 156 Å². The molecular weight excluding hydrogens is 385 g/mol. The molecule has 0 bridgehead atoms. The average molecular weight is 408 g/mol. The van der Waals surface area contributed by atoms with E-state index in [4.69, 9.17) is 0 Å². The summed E-state index contributed by atoms with van der Waals surface area (Å²) in [6.07, 6.45) is -2.74. The van der Waals surface area contributed by atoms with Gasteiger partial charge in [0.2, 0.25) is 15.9 Å². The number of hydrogen-bond acceptors (Lipinski definition) is 4. The molecule has 1 saturated heterocycles. The lowest BCUT2D eigenvalue weighted by molar-refractivity contribution is -0.274. The molecule has 1 aliphatic rings. The standard InChI is InChI=1S/C17H23F3N2O4S/c1-13(14-6-8-15(9-7-14)26-17(18,19)20)21-16(23)5-4-12-27(24,25)22-10-2-3-11-22/h6-9,13H,2-5,10-12H2,1H3,(H,21,23). The van der Waals surface area contributed by atoms with Crippen LogP contribution in [0.5, 0.6) is 5.75 Å². The van der Waals surface area contributed by atoms with Crippen LogP contribution in [0.25, 0.3) is 0 Å². The minimum atomic E-state index is -4.75. The van der Waals surface area contributed by atoms with Gasteiger partial charge in [0.15, 0.2) is 0 Å². The van der Waals surface area contributed by atoms with Crippen LogP contribution in [-0.2, 0) is 14.8 Å². The van der Waals surface area contributed by atoms with Gasteiger partial charge in [-0.3, -0.25) is 4.79 Å². The lowest BCUT2D eigenvalue weighted by atomic mass is 10.1. The van der Waals surface area contributed by atoms with Gasteiger partial charge in [-0.1, -0.05) is 12.1 Å². The van der Waals surface area contributed by atoms with Gasteiger partial charge in [0.05, 0.1) is 11.8 Å². The first-order chi connectivity index (χ1) is 12.6. The van der Waals surface area contributed by atoms with E-state index in [1.807, 2.05) is 0 Å². The van der Waals surface area contributed by atoms with Gasteiger partial charge in [-0.2, -0.15) is 0 Å². The van der Waals surface area contributed by atoms with Gasteiger partial charge in [-0.05, 0) is 43.9 Å². The molecule has 27 heavy (non-hydrogen) atoms. The molecule has 10 heteroatoms. The van der Waals surface area contributed by atoms with Crippen LogP contribution in [-0.4, -0.2) is 43.8 Å². The molecule has 1 heterocycles. The SMILES string of the molecule is CC(NC(=O)CCCS(=O)(=O)N1CCCC1)c1ccc(OC(F)(F)F)cc1. The second-order valence-electron chi connectivity index (χ2n) is 6.43. The molecule has 1 N–H and O–H groups in total. The summed E-state index contributed by atoms with van der Waals surface area (Å²) in [6, 6.07) is 4.79. The number of benzene rings is 1. The minimum absolute atomic E-state index is 0.0622. The van der Waals surface area contributed by atoms with Crippen molar-refractivity contribution >= 4 is 15.9 Å². The molecule has 0 aliphatic carbocycles. The molecule has 1 amide bonds. The Morgan fingerprint density at radius 1 is 1.22 bits per heavy atom. The van der Waals surface area contributed by atoms with E-state index in [1.54, 1.807) is 6.92 Å². The van der Waals surface area contributed by atoms with E-state index in [1.165, 1.54) is 28.6 Å². The highest BCUT2D eigenvalue weighted by Crippen LogP contribution is 2.24. The molecule has 1 unspecified atom stereocenters. The van der Waals surface area contributed by atoms with E-state index in [-0.39, 0.29) is 30.3 Å². The summed E-state index contributed by atoms with van der Waals surface area (Å²) in [7, 11) is -3.31. The summed E-state index contributed by atoms with van der Waals surface area (Å²) in [4.78, 5) is 12.0. The fourth-order valence-electron chi connectivity index (χ4n) is 2.87. The van der Waals surface area contributed by atoms with Crippen molar-refractivity contribution in [1.82, 2.24) is 9.62 Å². The summed E-state index contributed by atoms with van der Waals surface area (Å²) < 4.78 is 65.9. The number of hydrogen-bond donors (Lipinski definition) is 1. The quantitative estimate of drug-likeness (QED) is 0.718. The fourth-order valence-corrected chi connectivity index (χ4v) is 4.45. The van der Waals surface area contributed by atoms with Crippen LogP contribution in [0.3, 0.4) is 0 Å². The summed E-state index contributed by atoms with van der Waals surface area (Å²) in [6.45, 7) is 2.78. The van der Waals surface area contributed by atoms with Gasteiger partial charge in [-0.25, -0.2) is 12.7 Å². The highest BCUT2D eigenvalue weighted by molar-refractivity contribution is 7.89. The Hall–Kier alpha value is -1.81. The molecule has 1 fully saturated rings. The Morgan fingerprint density at radius 3 is 2.37 bits per heavy atom. The van der Waals surface area contributed by atoms with Crippen LogP contribution < -0.4 is 10.1 Å². The molecule has 0 aromatic heterocycles. The van der Waals surface area contributed by atoms with Crippen LogP contribution in [0.1, 0.15) is 44.2 Å². The zero-order chi connectivity index (χ0) is 20.1. The number of rotatable bonds is 8. The second-order valence-corrected chi connectivity index (χ2v) is 8.52. The van der Waals surface area contributed by atoms with Gasteiger partial charge in [-0.15, -0.1) is 13.2 Å². The van der Waals surface area contributed by atoms with Crippen molar-refractivity contribution < 1.29 is 31.1 Å². The third kappa shape index (κ3) is 7.02. The van der Waals surface area contributed by atoms with Crippen molar-refractivity contribution in [2.75, 3.05) is 18.8 Å². The zero-order valence-electron chi connectivity index (χ0n) is 15.0. The molecule has 0 radical (unpaired) electrons. The maximum absolute atomic E-state index is 12.1. The highest BCUT2D eigenvalue weighted by Gasteiger charge is 2.31. The molecule has 1 aromatic carbocycles. The Kier molecular flexibility index (Phi) is 7.10. The van der Waals surface area contributed by atoms with Crippen molar-refractivity contribution in [2.45, 2.75) is 45.0 Å². The van der Waals surface area contributed by atoms with Gasteiger partial charge in [0.25, 0.3) is 0 Å². The molecule has 1 atom stereocenters. The van der Waals surface area contributed by atoms with E-state index in [9.17, 15) is 26.4 Å². The van der Waals surface area contributed by atoms with E-state index in [0.29, 0.717) is 18.7 Å². The molecular formula is C17H23F3N2O4S. The predicted octanol–water partition coefficient (Wildman–Crippen LogP) is 2.97. The van der Waals surface area contributed by atoms with E-state index >= 15 is 0 Å². The molecule has 2 rings (SSSR count). The van der Waals surface area contributed by atoms with Crippen molar-refractivity contribution in [1.29, 1.82) is 0 Å². The first-order valence-corrected chi connectivity index (χ1v) is 10.3. The van der Waals surface area contributed by atoms with Crippen molar-refractivity contribution in [3.05, 3.63) is 29.8 Å². The third-order valence-corrected chi connectivity index (χ3v) is 6.21. The number of ether oxygens (including phenoxy) is 1. The largest absolute Gasteiger partial charge is 0.573 e. The molecule has 1 aliphatic heterocycles. The van der Waals surface area contributed by atoms with Crippen molar-refractivity contribution in [3.63, 3.8) is 0 Å². The number of alkyl halides is 3. The number of amides is 1. The van der Waals surface area contributed by atoms with Crippen molar-refractivity contribution in [3.8, 4) is 5.75 Å². The summed E-state index contributed by atoms with van der Waals surface area (Å²) in [5, 5.41) is 2.71. The smallest absolute Gasteiger partial charge is 0.406 e. The van der Waals surface area contributed by atoms with Crippen LogP contribution in [0.4, 0.5) is 13.2 Å². The summed E-state index contributed by atoms with van der Waals surface area (Å²) in [5.41, 5.74) is 0.613. The van der Waals surface area contributed by atoms with Crippen molar-refractivity contribution in [2.24, 2.45) is 0 Å². The maximum Gasteiger partial charge on any atom is 0.573 e. The maximum atomic E-state index is 12.1. The molecule has 0 saturated carbocycles. The van der Waals surface area contributed by atoms with E-state index in [2.05, 4.69) is 10.1 Å². The number of halogens is 3. The third-order valence-electron chi connectivity index (χ3n) is 4.26. The van der Waals surface area contributed by atoms with Crippen LogP contribution in [0.15, 0.2) is 24.3 Å². The average Bonchev–Trinajstić information content (AvgIpc) is 3.09. The van der Waals surface area contributed by atoms with E-state index < -0.39 is 22.4 Å². The topological polar surface area (TPSA) is 75.7 Å². The Morgan fingerprint density at radius 2 is 1.81 bits per heavy atom. The molecule has 0 spiro atoms. The Balaban J connectivity index is 1.78. The predicted molar refractivity (Wildman–Crippen MR) is 93.5 cm³/mol. The Bertz CT molecular complexity index is 730. The number of sulfonamides is 1. The summed E-state index contributed by atoms with van der Waals surface area (Å²) in [5.74, 6) is -0.718. The summed E-state index contributed by atoms with van der Waals surface area (Å²) >= 11 is 0. The van der Waals surface area contributed by atoms with Crippen LogP contribution in [0, 0.1) is 0 Å². The normalized spacial score (nSPS) is 16.9. The first-order valence-electron chi connectivity index (χ1n) is 8.70. The van der Waals surface area contributed by atoms with Gasteiger partial charge < -0.3 is 10.1 Å². The lowest BCUT2D eigenvalue weighted by Crippen LogP contribution is -2.31. The monoisotopic (exact) mass is 408 g/mol. The molecule has 6 nitrogen and oxygen atoms in total. The van der Waals surface area contributed by atoms with Gasteiger partial charge in [0.1, 0.15) is 5.75 Å². The van der Waals surface area contributed by atoms with Crippen LogP contribution in [0.2, 0.25) is 0 Å². The molecule has 152 valence electrons. The number of carbonyl (C=O) groups is 1.